The van der Waals surface area contributed by atoms with Crippen LogP contribution in [-0.4, -0.2) is 73.3 Å². The molecule has 2 aromatic carbocycles. The molecule has 0 saturated carbocycles. The van der Waals surface area contributed by atoms with Crippen molar-refractivity contribution in [1.29, 1.82) is 0 Å². The molecule has 0 aromatic heterocycles. The van der Waals surface area contributed by atoms with Crippen molar-refractivity contribution in [3.05, 3.63) is 65.5 Å². The maximum atomic E-state index is 14.8. The normalized spacial score (nSPS) is 18.7. The molecule has 0 unspecified atom stereocenters. The molecule has 2 saturated heterocycles. The predicted octanol–water partition coefficient (Wildman–Crippen LogP) is 2.53. The Morgan fingerprint density at radius 3 is 2.64 bits per heavy atom. The molecule has 0 radical (unpaired) electrons. The highest BCUT2D eigenvalue weighted by Gasteiger charge is 2.33. The fraction of sp³-hybridized carbons (Fsp3) is 0.320. The van der Waals surface area contributed by atoms with Gasteiger partial charge in [0, 0.05) is 41.5 Å². The number of ether oxygens (including phenoxy) is 1. The number of hydrogen-bond donors (Lipinski definition) is 1. The molecule has 190 valence electrons. The third kappa shape index (κ3) is 6.48. The summed E-state index contributed by atoms with van der Waals surface area (Å²) in [4.78, 5) is 32.4. The maximum Gasteiger partial charge on any atom is 0.414 e. The van der Waals surface area contributed by atoms with Crippen LogP contribution < -0.4 is 15.1 Å². The number of amides is 2. The number of nitrogens with zero attached hydrogens (tertiary/aromatic N) is 3. The van der Waals surface area contributed by atoms with E-state index in [9.17, 15) is 18.2 Å². The van der Waals surface area contributed by atoms with Gasteiger partial charge in [-0.05, 0) is 35.4 Å². The molecule has 1 N–H and O–H groups in total. The molecule has 2 fully saturated rings. The lowest BCUT2D eigenvalue weighted by molar-refractivity contribution is -0.116. The van der Waals surface area contributed by atoms with Crippen molar-refractivity contribution < 1.29 is 27.8 Å². The number of cyclic esters (lactones) is 1. The zero-order valence-electron chi connectivity index (χ0n) is 19.8. The van der Waals surface area contributed by atoms with Crippen LogP contribution in [0.3, 0.4) is 0 Å². The summed E-state index contributed by atoms with van der Waals surface area (Å²) >= 11 is 0. The molecule has 1 atom stereocenters. The van der Waals surface area contributed by atoms with E-state index in [1.54, 1.807) is 24.4 Å². The third-order valence-corrected chi connectivity index (χ3v) is 7.09. The number of rotatable bonds is 8. The van der Waals surface area contributed by atoms with Crippen molar-refractivity contribution in [2.45, 2.75) is 6.10 Å². The summed E-state index contributed by atoms with van der Waals surface area (Å²) in [5.74, 6) is 0.249. The molecule has 0 bridgehead atoms. The zero-order chi connectivity index (χ0) is 25.5. The molecular formula is C25H27FN4O5S. The molecule has 4 rings (SSSR count). The van der Waals surface area contributed by atoms with Gasteiger partial charge in [-0.3, -0.25) is 13.9 Å². The monoisotopic (exact) mass is 514 g/mol. The quantitative estimate of drug-likeness (QED) is 0.330. The number of carbonyl (C=O) groups excluding carboxylic acids is 2. The summed E-state index contributed by atoms with van der Waals surface area (Å²) in [5, 5.41) is 6.41. The van der Waals surface area contributed by atoms with Gasteiger partial charge < -0.3 is 19.8 Å². The van der Waals surface area contributed by atoms with Crippen molar-refractivity contribution >= 4 is 46.5 Å². The SMILES string of the molecule is CO/N=C/c1ccc(/C=C/C(=O)NC[C@H]2CN(c3ccc(N4CCS(=O)CC4)c(F)c3)C(=O)O2)cc1. The van der Waals surface area contributed by atoms with Gasteiger partial charge >= 0.3 is 6.09 Å². The maximum absolute atomic E-state index is 14.8. The average molecular weight is 515 g/mol. The van der Waals surface area contributed by atoms with Gasteiger partial charge in [0.25, 0.3) is 0 Å². The van der Waals surface area contributed by atoms with Crippen molar-refractivity contribution in [2.75, 3.05) is 54.6 Å². The van der Waals surface area contributed by atoms with Crippen molar-refractivity contribution in [3.8, 4) is 0 Å². The standard InChI is InChI=1S/C25H27FN4O5S/c1-34-28-15-19-4-2-18(3-5-19)6-9-24(31)27-16-21-17-30(25(32)35-21)20-7-8-23(22(26)14-20)29-10-12-36(33)13-11-29/h2-9,14-15,21H,10-13,16-17H2,1H3,(H,27,31)/b9-6+,28-15+/t21-/m0/s1. The Labute approximate surface area is 211 Å². The third-order valence-electron chi connectivity index (χ3n) is 5.81. The Morgan fingerprint density at radius 1 is 1.22 bits per heavy atom. The Morgan fingerprint density at radius 2 is 1.94 bits per heavy atom. The first kappa shape index (κ1) is 25.4. The highest BCUT2D eigenvalue weighted by molar-refractivity contribution is 7.85. The highest BCUT2D eigenvalue weighted by atomic mass is 32.2. The summed E-state index contributed by atoms with van der Waals surface area (Å²) in [6.45, 7) is 1.37. The molecule has 9 nitrogen and oxygen atoms in total. The second-order valence-corrected chi connectivity index (χ2v) is 9.95. The second kappa shape index (κ2) is 11.8. The lowest BCUT2D eigenvalue weighted by Crippen LogP contribution is -2.38. The first-order valence-electron chi connectivity index (χ1n) is 11.4. The van der Waals surface area contributed by atoms with Crippen LogP contribution >= 0.6 is 0 Å². The lowest BCUT2D eigenvalue weighted by atomic mass is 10.1. The fourth-order valence-corrected chi connectivity index (χ4v) is 4.94. The first-order chi connectivity index (χ1) is 17.4. The smallest absolute Gasteiger partial charge is 0.414 e. The molecule has 2 aliphatic heterocycles. The van der Waals surface area contributed by atoms with Gasteiger partial charge in [0.1, 0.15) is 19.0 Å². The van der Waals surface area contributed by atoms with E-state index in [0.29, 0.717) is 36.0 Å². The number of anilines is 2. The molecule has 2 aliphatic rings. The largest absolute Gasteiger partial charge is 0.442 e. The predicted molar refractivity (Wildman–Crippen MR) is 137 cm³/mol. The number of nitrogens with one attached hydrogen (secondary N) is 1. The van der Waals surface area contributed by atoms with Gasteiger partial charge in [-0.2, -0.15) is 0 Å². The topological polar surface area (TPSA) is 101 Å². The summed E-state index contributed by atoms with van der Waals surface area (Å²) in [5.41, 5.74) is 2.51. The van der Waals surface area contributed by atoms with E-state index in [-0.39, 0.29) is 19.0 Å². The molecule has 2 aromatic rings. The van der Waals surface area contributed by atoms with Crippen molar-refractivity contribution in [1.82, 2.24) is 5.32 Å². The minimum Gasteiger partial charge on any atom is -0.442 e. The summed E-state index contributed by atoms with van der Waals surface area (Å²) in [6, 6.07) is 12.0. The number of hydrogen-bond acceptors (Lipinski definition) is 7. The highest BCUT2D eigenvalue weighted by Crippen LogP contribution is 2.28. The molecule has 2 amide bonds. The molecular weight excluding hydrogens is 487 g/mol. The number of halogens is 1. The van der Waals surface area contributed by atoms with Crippen LogP contribution in [0, 0.1) is 5.82 Å². The fourth-order valence-electron chi connectivity index (χ4n) is 3.89. The Kier molecular flexibility index (Phi) is 8.32. The molecule has 36 heavy (non-hydrogen) atoms. The molecule has 0 aliphatic carbocycles. The van der Waals surface area contributed by atoms with Crippen LogP contribution in [0.25, 0.3) is 6.08 Å². The van der Waals surface area contributed by atoms with Gasteiger partial charge in [-0.25, -0.2) is 9.18 Å². The molecule has 0 spiro atoms. The van der Waals surface area contributed by atoms with Gasteiger partial charge in [0.2, 0.25) is 5.91 Å². The Balaban J connectivity index is 1.28. The summed E-state index contributed by atoms with van der Waals surface area (Å²) in [6.07, 6.45) is 3.49. The average Bonchev–Trinajstić information content (AvgIpc) is 3.26. The van der Waals surface area contributed by atoms with Crippen molar-refractivity contribution in [2.24, 2.45) is 5.16 Å². The number of carbonyl (C=O) groups is 2. The van der Waals surface area contributed by atoms with E-state index in [1.807, 2.05) is 29.2 Å². The van der Waals surface area contributed by atoms with Crippen LogP contribution in [0.15, 0.2) is 53.7 Å². The lowest BCUT2D eigenvalue weighted by Gasteiger charge is -2.29. The summed E-state index contributed by atoms with van der Waals surface area (Å²) < 4.78 is 31.7. The van der Waals surface area contributed by atoms with Crippen molar-refractivity contribution in [3.63, 3.8) is 0 Å². The van der Waals surface area contributed by atoms with Gasteiger partial charge in [0.05, 0.1) is 30.7 Å². The minimum atomic E-state index is -0.851. The van der Waals surface area contributed by atoms with Crippen LogP contribution in [0.2, 0.25) is 0 Å². The van der Waals surface area contributed by atoms with E-state index < -0.39 is 28.8 Å². The Hall–Kier alpha value is -3.73. The molecule has 11 heteroatoms. The van der Waals surface area contributed by atoms with E-state index in [0.717, 1.165) is 11.1 Å². The van der Waals surface area contributed by atoms with Crippen LogP contribution in [0.5, 0.6) is 0 Å². The number of benzene rings is 2. The Bertz CT molecular complexity index is 1180. The molecule has 2 heterocycles. The van der Waals surface area contributed by atoms with Gasteiger partial charge in [-0.1, -0.05) is 29.4 Å². The van der Waals surface area contributed by atoms with E-state index in [2.05, 4.69) is 15.3 Å². The van der Waals surface area contributed by atoms with E-state index >= 15 is 0 Å². The second-order valence-electron chi connectivity index (χ2n) is 8.25. The van der Waals surface area contributed by atoms with E-state index in [4.69, 9.17) is 4.74 Å². The van der Waals surface area contributed by atoms with Crippen LogP contribution in [-0.2, 0) is 25.2 Å². The number of oxime groups is 1. The van der Waals surface area contributed by atoms with Gasteiger partial charge in [-0.15, -0.1) is 0 Å². The van der Waals surface area contributed by atoms with Crippen LogP contribution in [0.4, 0.5) is 20.6 Å². The first-order valence-corrected chi connectivity index (χ1v) is 12.9. The van der Waals surface area contributed by atoms with E-state index in [1.165, 1.54) is 24.2 Å². The zero-order valence-corrected chi connectivity index (χ0v) is 20.6. The van der Waals surface area contributed by atoms with Gasteiger partial charge in [0.15, 0.2) is 0 Å². The van der Waals surface area contributed by atoms with Crippen LogP contribution in [0.1, 0.15) is 11.1 Å². The summed E-state index contributed by atoms with van der Waals surface area (Å²) in [7, 11) is 0.617. The minimum absolute atomic E-state index is 0.128.